The Hall–Kier alpha value is -1.55. The van der Waals surface area contributed by atoms with Gasteiger partial charge in [-0.1, -0.05) is 26.2 Å². The largest absolute Gasteiger partial charge is 0.497 e. The summed E-state index contributed by atoms with van der Waals surface area (Å²) in [6, 6.07) is 7.85. The Bertz CT molecular complexity index is 458. The molecule has 1 aromatic rings. The summed E-state index contributed by atoms with van der Waals surface area (Å²) in [7, 11) is 1.63. The van der Waals surface area contributed by atoms with E-state index in [1.54, 1.807) is 7.11 Å². The molecule has 1 fully saturated rings. The quantitative estimate of drug-likeness (QED) is 0.592. The summed E-state index contributed by atoms with van der Waals surface area (Å²) in [5, 5.41) is 9.15. The zero-order valence-corrected chi connectivity index (χ0v) is 12.9. The lowest BCUT2D eigenvalue weighted by Gasteiger charge is -2.47. The number of ether oxygens (including phenoxy) is 1. The summed E-state index contributed by atoms with van der Waals surface area (Å²) < 4.78 is 5.16. The highest BCUT2D eigenvalue weighted by atomic mass is 16.5. The van der Waals surface area contributed by atoms with Crippen molar-refractivity contribution in [2.45, 2.75) is 45.1 Å². The first-order valence-corrected chi connectivity index (χ1v) is 7.81. The van der Waals surface area contributed by atoms with Gasteiger partial charge in [0.05, 0.1) is 13.0 Å². The fraction of sp³-hybridized carbons (Fsp3) is 0.588. The zero-order valence-electron chi connectivity index (χ0n) is 12.9. The predicted molar refractivity (Wildman–Crippen MR) is 83.6 cm³/mol. The standard InChI is InChI=1S/C17H25NO3/c1-3-4-5-6-16-15(11-12-19)17(20)18(16)13-7-9-14(21-2)10-8-13/h7-10,15-16,19H,3-6,11-12H2,1-2H3/t15-,16-/m0/s1. The molecule has 1 aromatic carbocycles. The lowest BCUT2D eigenvalue weighted by molar-refractivity contribution is -0.131. The van der Waals surface area contributed by atoms with Crippen LogP contribution in [0.3, 0.4) is 0 Å². The summed E-state index contributed by atoms with van der Waals surface area (Å²) in [4.78, 5) is 14.2. The van der Waals surface area contributed by atoms with Crippen LogP contribution in [0.5, 0.6) is 5.75 Å². The molecular weight excluding hydrogens is 266 g/mol. The molecular formula is C17H25NO3. The van der Waals surface area contributed by atoms with Crippen molar-refractivity contribution >= 4 is 11.6 Å². The van der Waals surface area contributed by atoms with Gasteiger partial charge in [0, 0.05) is 18.3 Å². The molecule has 21 heavy (non-hydrogen) atoms. The van der Waals surface area contributed by atoms with Crippen molar-refractivity contribution in [1.82, 2.24) is 0 Å². The van der Waals surface area contributed by atoms with Gasteiger partial charge < -0.3 is 14.7 Å². The third kappa shape index (κ3) is 3.38. The van der Waals surface area contributed by atoms with Gasteiger partial charge in [0.25, 0.3) is 0 Å². The van der Waals surface area contributed by atoms with Gasteiger partial charge in [-0.05, 0) is 37.1 Å². The summed E-state index contributed by atoms with van der Waals surface area (Å²) in [5.74, 6) is 0.908. The van der Waals surface area contributed by atoms with Gasteiger partial charge >= 0.3 is 0 Å². The Kier molecular flexibility index (Phi) is 5.62. The molecule has 1 aliphatic heterocycles. The summed E-state index contributed by atoms with van der Waals surface area (Å²) in [6.45, 7) is 2.26. The maximum atomic E-state index is 12.3. The summed E-state index contributed by atoms with van der Waals surface area (Å²) >= 11 is 0. The molecule has 1 aliphatic rings. The van der Waals surface area contributed by atoms with Crippen LogP contribution in [0.2, 0.25) is 0 Å². The van der Waals surface area contributed by atoms with Crippen LogP contribution in [0.4, 0.5) is 5.69 Å². The summed E-state index contributed by atoms with van der Waals surface area (Å²) in [5.41, 5.74) is 0.927. The normalized spacial score (nSPS) is 21.3. The maximum Gasteiger partial charge on any atom is 0.232 e. The van der Waals surface area contributed by atoms with Crippen molar-refractivity contribution in [1.29, 1.82) is 0 Å². The first kappa shape index (κ1) is 15.8. The van der Waals surface area contributed by atoms with Gasteiger partial charge in [0.1, 0.15) is 5.75 Å². The van der Waals surface area contributed by atoms with Crippen LogP contribution in [0, 0.1) is 5.92 Å². The summed E-state index contributed by atoms with van der Waals surface area (Å²) in [6.07, 6.45) is 5.07. The number of hydrogen-bond acceptors (Lipinski definition) is 3. The first-order valence-electron chi connectivity index (χ1n) is 7.81. The van der Waals surface area contributed by atoms with E-state index in [0.29, 0.717) is 6.42 Å². The number of anilines is 1. The van der Waals surface area contributed by atoms with Crippen molar-refractivity contribution in [3.8, 4) is 5.75 Å². The highest BCUT2D eigenvalue weighted by Crippen LogP contribution is 2.37. The van der Waals surface area contributed by atoms with Crippen LogP contribution in [-0.2, 0) is 4.79 Å². The molecule has 0 spiro atoms. The number of carbonyl (C=O) groups is 1. The molecule has 1 saturated heterocycles. The van der Waals surface area contributed by atoms with E-state index in [4.69, 9.17) is 9.84 Å². The highest BCUT2D eigenvalue weighted by molar-refractivity contribution is 6.02. The number of amides is 1. The molecule has 4 nitrogen and oxygen atoms in total. The molecule has 0 unspecified atom stereocenters. The molecule has 0 aliphatic carbocycles. The number of benzene rings is 1. The zero-order chi connectivity index (χ0) is 15.2. The first-order chi connectivity index (χ1) is 10.2. The molecule has 0 saturated carbocycles. The van der Waals surface area contributed by atoms with Crippen LogP contribution in [-0.4, -0.2) is 30.8 Å². The number of unbranched alkanes of at least 4 members (excludes halogenated alkanes) is 2. The van der Waals surface area contributed by atoms with E-state index in [1.807, 2.05) is 29.2 Å². The molecule has 1 heterocycles. The van der Waals surface area contributed by atoms with Crippen LogP contribution < -0.4 is 9.64 Å². The Balaban J connectivity index is 2.09. The van der Waals surface area contributed by atoms with Gasteiger partial charge in [-0.25, -0.2) is 0 Å². The van der Waals surface area contributed by atoms with Crippen LogP contribution in [0.25, 0.3) is 0 Å². The van der Waals surface area contributed by atoms with Gasteiger partial charge in [-0.3, -0.25) is 4.79 Å². The van der Waals surface area contributed by atoms with E-state index < -0.39 is 0 Å². The predicted octanol–water partition coefficient (Wildman–Crippen LogP) is 2.99. The molecule has 1 amide bonds. The molecule has 0 bridgehead atoms. The van der Waals surface area contributed by atoms with E-state index in [9.17, 15) is 4.79 Å². The number of aliphatic hydroxyl groups excluding tert-OH is 1. The number of nitrogens with zero attached hydrogens (tertiary/aromatic N) is 1. The average molecular weight is 291 g/mol. The number of hydrogen-bond donors (Lipinski definition) is 1. The van der Waals surface area contributed by atoms with Crippen LogP contribution in [0.1, 0.15) is 39.0 Å². The third-order valence-corrected chi connectivity index (χ3v) is 4.24. The second kappa shape index (κ2) is 7.46. The second-order valence-corrected chi connectivity index (χ2v) is 5.59. The van der Waals surface area contributed by atoms with Gasteiger partial charge in [-0.15, -0.1) is 0 Å². The number of rotatable bonds is 8. The maximum absolute atomic E-state index is 12.3. The van der Waals surface area contributed by atoms with Gasteiger partial charge in [-0.2, -0.15) is 0 Å². The monoisotopic (exact) mass is 291 g/mol. The number of aliphatic hydroxyl groups is 1. The minimum Gasteiger partial charge on any atom is -0.497 e. The third-order valence-electron chi connectivity index (χ3n) is 4.24. The Labute approximate surface area is 126 Å². The Morgan fingerprint density at radius 2 is 1.90 bits per heavy atom. The Morgan fingerprint density at radius 1 is 1.19 bits per heavy atom. The second-order valence-electron chi connectivity index (χ2n) is 5.59. The van der Waals surface area contributed by atoms with Crippen molar-refractivity contribution in [3.63, 3.8) is 0 Å². The fourth-order valence-corrected chi connectivity index (χ4v) is 3.05. The van der Waals surface area contributed by atoms with E-state index in [1.165, 1.54) is 12.8 Å². The number of β-lactam (4-membered cyclic amide) rings is 1. The fourth-order valence-electron chi connectivity index (χ4n) is 3.05. The van der Waals surface area contributed by atoms with E-state index >= 15 is 0 Å². The molecule has 116 valence electrons. The van der Waals surface area contributed by atoms with Crippen molar-refractivity contribution < 1.29 is 14.6 Å². The topological polar surface area (TPSA) is 49.8 Å². The highest BCUT2D eigenvalue weighted by Gasteiger charge is 2.46. The Morgan fingerprint density at radius 3 is 2.48 bits per heavy atom. The van der Waals surface area contributed by atoms with Gasteiger partial charge in [0.15, 0.2) is 0 Å². The molecule has 0 radical (unpaired) electrons. The number of methoxy groups -OCH3 is 1. The molecule has 2 rings (SSSR count). The van der Waals surface area contributed by atoms with E-state index in [0.717, 1.165) is 24.3 Å². The lowest BCUT2D eigenvalue weighted by atomic mass is 9.81. The molecule has 2 atom stereocenters. The van der Waals surface area contributed by atoms with E-state index in [2.05, 4.69) is 6.92 Å². The van der Waals surface area contributed by atoms with Crippen LogP contribution in [0.15, 0.2) is 24.3 Å². The van der Waals surface area contributed by atoms with E-state index in [-0.39, 0.29) is 24.5 Å². The molecule has 0 aromatic heterocycles. The number of carbonyl (C=O) groups excluding carboxylic acids is 1. The smallest absolute Gasteiger partial charge is 0.232 e. The minimum absolute atomic E-state index is 0.0195. The lowest BCUT2D eigenvalue weighted by Crippen LogP contribution is -2.61. The van der Waals surface area contributed by atoms with Crippen molar-refractivity contribution in [2.75, 3.05) is 18.6 Å². The van der Waals surface area contributed by atoms with Crippen LogP contribution >= 0.6 is 0 Å². The SMILES string of the molecule is CCCCC[C@H]1[C@H](CCO)C(=O)N1c1ccc(OC)cc1. The van der Waals surface area contributed by atoms with Crippen molar-refractivity contribution in [3.05, 3.63) is 24.3 Å². The molecule has 1 N–H and O–H groups in total. The molecule has 4 heteroatoms. The van der Waals surface area contributed by atoms with Crippen molar-refractivity contribution in [2.24, 2.45) is 5.92 Å². The minimum atomic E-state index is -0.0195. The average Bonchev–Trinajstić information content (AvgIpc) is 2.52. The van der Waals surface area contributed by atoms with Gasteiger partial charge in [0.2, 0.25) is 5.91 Å².